The molecule has 0 spiro atoms. The highest BCUT2D eigenvalue weighted by molar-refractivity contribution is 5.94. The van der Waals surface area contributed by atoms with Gasteiger partial charge in [-0.05, 0) is 45.2 Å². The van der Waals surface area contributed by atoms with E-state index >= 15 is 0 Å². The Kier molecular flexibility index (Phi) is 7.28. The lowest BCUT2D eigenvalue weighted by Gasteiger charge is -2.28. The Morgan fingerprint density at radius 2 is 1.71 bits per heavy atom. The third-order valence-corrected chi connectivity index (χ3v) is 5.10. The number of hydrogen-bond donors (Lipinski definition) is 2. The molecular formula is C22H27N5O4. The second-order valence-corrected chi connectivity index (χ2v) is 7.51. The Morgan fingerprint density at radius 1 is 1.10 bits per heavy atom. The van der Waals surface area contributed by atoms with Crippen LogP contribution in [0.2, 0.25) is 0 Å². The average molecular weight is 425 g/mol. The van der Waals surface area contributed by atoms with Crippen LogP contribution in [-0.4, -0.2) is 63.2 Å². The quantitative estimate of drug-likeness (QED) is 0.699. The molecule has 0 aliphatic carbocycles. The summed E-state index contributed by atoms with van der Waals surface area (Å²) in [5, 5.41) is 14.7. The van der Waals surface area contributed by atoms with Crippen molar-refractivity contribution in [2.45, 2.75) is 13.8 Å². The third kappa shape index (κ3) is 5.84. The van der Waals surface area contributed by atoms with E-state index in [1.807, 2.05) is 30.3 Å². The van der Waals surface area contributed by atoms with Crippen molar-refractivity contribution < 1.29 is 18.7 Å². The van der Waals surface area contributed by atoms with Crippen molar-refractivity contribution >= 4 is 29.1 Å². The Morgan fingerprint density at radius 3 is 2.32 bits per heavy atom. The van der Waals surface area contributed by atoms with E-state index in [0.717, 1.165) is 32.0 Å². The first-order valence-electron chi connectivity index (χ1n) is 10.1. The number of rotatable bonds is 7. The molecular weight excluding hydrogens is 398 g/mol. The highest BCUT2D eigenvalue weighted by Crippen LogP contribution is 2.25. The molecule has 0 bridgehead atoms. The number of ether oxygens (including phenoxy) is 1. The second-order valence-electron chi connectivity index (χ2n) is 7.51. The third-order valence-electron chi connectivity index (χ3n) is 5.10. The Labute approximate surface area is 181 Å². The van der Waals surface area contributed by atoms with Crippen LogP contribution in [0.5, 0.6) is 0 Å². The van der Waals surface area contributed by atoms with Crippen LogP contribution in [0.4, 0.5) is 17.3 Å². The minimum atomic E-state index is -0.365. The zero-order chi connectivity index (χ0) is 22.4. The second kappa shape index (κ2) is 10.1. The molecule has 164 valence electrons. The van der Waals surface area contributed by atoms with E-state index in [4.69, 9.17) is 9.15 Å². The van der Waals surface area contributed by atoms with Gasteiger partial charge in [-0.15, -0.1) is 0 Å². The average Bonchev–Trinajstić information content (AvgIpc) is 3.01. The first-order valence-corrected chi connectivity index (χ1v) is 10.1. The number of aryl methyl sites for hydroxylation is 1. The maximum Gasteiger partial charge on any atom is 0.240 e. The van der Waals surface area contributed by atoms with Gasteiger partial charge in [-0.3, -0.25) is 19.8 Å². The van der Waals surface area contributed by atoms with Gasteiger partial charge in [0, 0.05) is 30.0 Å². The number of hydrogen-bond acceptors (Lipinski definition) is 7. The maximum absolute atomic E-state index is 12.3. The molecule has 2 aromatic rings. The molecule has 1 saturated heterocycles. The molecule has 1 aromatic carbocycles. The molecule has 1 aliphatic heterocycles. The van der Waals surface area contributed by atoms with Crippen molar-refractivity contribution in [3.63, 3.8) is 0 Å². The zero-order valence-electron chi connectivity index (χ0n) is 18.0. The van der Waals surface area contributed by atoms with Crippen LogP contribution < -0.4 is 15.5 Å². The van der Waals surface area contributed by atoms with E-state index in [1.54, 1.807) is 25.8 Å². The molecule has 2 N–H and O–H groups in total. The summed E-state index contributed by atoms with van der Waals surface area (Å²) in [5.74, 6) is 0.132. The topological polar surface area (TPSA) is 111 Å². The van der Waals surface area contributed by atoms with Gasteiger partial charge in [0.1, 0.15) is 17.4 Å². The van der Waals surface area contributed by atoms with E-state index in [0.29, 0.717) is 22.6 Å². The SMILES string of the molecule is Cc1oc(NC(=O)CN(C)CC(=O)Nc2ccc(N3CCOCC3)cc2)c(C#N)c1C. The van der Waals surface area contributed by atoms with Crippen LogP contribution in [0.25, 0.3) is 0 Å². The van der Waals surface area contributed by atoms with Crippen molar-refractivity contribution in [3.8, 4) is 6.07 Å². The molecule has 9 heteroatoms. The molecule has 0 atom stereocenters. The smallest absolute Gasteiger partial charge is 0.240 e. The predicted octanol–water partition coefficient (Wildman–Crippen LogP) is 2.11. The lowest BCUT2D eigenvalue weighted by Crippen LogP contribution is -2.36. The molecule has 3 rings (SSSR count). The van der Waals surface area contributed by atoms with E-state index < -0.39 is 0 Å². The summed E-state index contributed by atoms with van der Waals surface area (Å²) >= 11 is 0. The summed E-state index contributed by atoms with van der Waals surface area (Å²) in [5.41, 5.74) is 2.80. The van der Waals surface area contributed by atoms with Crippen LogP contribution >= 0.6 is 0 Å². The molecule has 1 aliphatic rings. The molecule has 9 nitrogen and oxygen atoms in total. The van der Waals surface area contributed by atoms with Crippen LogP contribution in [0.1, 0.15) is 16.9 Å². The van der Waals surface area contributed by atoms with E-state index in [2.05, 4.69) is 15.5 Å². The number of nitrogens with zero attached hydrogens (tertiary/aromatic N) is 3. The van der Waals surface area contributed by atoms with Gasteiger partial charge in [-0.25, -0.2) is 0 Å². The fourth-order valence-corrected chi connectivity index (χ4v) is 3.34. The van der Waals surface area contributed by atoms with E-state index in [9.17, 15) is 14.9 Å². The minimum Gasteiger partial charge on any atom is -0.444 e. The first kappa shape index (κ1) is 22.3. The number of furan rings is 1. The van der Waals surface area contributed by atoms with Gasteiger partial charge in [-0.2, -0.15) is 5.26 Å². The van der Waals surface area contributed by atoms with Crippen LogP contribution in [0.15, 0.2) is 28.7 Å². The summed E-state index contributed by atoms with van der Waals surface area (Å²) in [6, 6.07) is 9.70. The summed E-state index contributed by atoms with van der Waals surface area (Å²) < 4.78 is 10.8. The zero-order valence-corrected chi connectivity index (χ0v) is 18.0. The van der Waals surface area contributed by atoms with Crippen molar-refractivity contribution in [1.82, 2.24) is 4.90 Å². The van der Waals surface area contributed by atoms with Crippen molar-refractivity contribution in [1.29, 1.82) is 5.26 Å². The van der Waals surface area contributed by atoms with Gasteiger partial charge in [0.05, 0.1) is 26.3 Å². The molecule has 0 saturated carbocycles. The Bertz CT molecular complexity index is 971. The van der Waals surface area contributed by atoms with Gasteiger partial charge < -0.3 is 19.4 Å². The highest BCUT2D eigenvalue weighted by Gasteiger charge is 2.18. The van der Waals surface area contributed by atoms with Gasteiger partial charge >= 0.3 is 0 Å². The summed E-state index contributed by atoms with van der Waals surface area (Å²) in [7, 11) is 1.67. The number of anilines is 3. The minimum absolute atomic E-state index is 0.0208. The molecule has 1 aromatic heterocycles. The lowest BCUT2D eigenvalue weighted by molar-refractivity contribution is -0.119. The number of nitriles is 1. The fourth-order valence-electron chi connectivity index (χ4n) is 3.34. The molecule has 0 unspecified atom stereocenters. The van der Waals surface area contributed by atoms with E-state index in [-0.39, 0.29) is 30.8 Å². The monoisotopic (exact) mass is 425 g/mol. The van der Waals surface area contributed by atoms with Crippen molar-refractivity contribution in [2.24, 2.45) is 0 Å². The lowest BCUT2D eigenvalue weighted by atomic mass is 10.2. The number of likely N-dealkylation sites (N-methyl/N-ethyl adjacent to an activating group) is 1. The van der Waals surface area contributed by atoms with E-state index in [1.165, 1.54) is 0 Å². The Balaban J connectivity index is 1.47. The summed E-state index contributed by atoms with van der Waals surface area (Å²) in [6.07, 6.45) is 0. The van der Waals surface area contributed by atoms with Gasteiger partial charge in [0.15, 0.2) is 0 Å². The molecule has 1 fully saturated rings. The predicted molar refractivity (Wildman–Crippen MR) is 117 cm³/mol. The van der Waals surface area contributed by atoms with Gasteiger partial charge in [-0.1, -0.05) is 0 Å². The number of morpholine rings is 1. The normalized spacial score (nSPS) is 13.7. The van der Waals surface area contributed by atoms with Crippen molar-refractivity contribution in [2.75, 3.05) is 62.0 Å². The molecule has 0 radical (unpaired) electrons. The fraction of sp³-hybridized carbons (Fsp3) is 0.409. The molecule has 2 amide bonds. The molecule has 31 heavy (non-hydrogen) atoms. The maximum atomic E-state index is 12.3. The number of carbonyl (C=O) groups excluding carboxylic acids is 2. The summed E-state index contributed by atoms with van der Waals surface area (Å²) in [6.45, 7) is 6.65. The van der Waals surface area contributed by atoms with Crippen LogP contribution in [-0.2, 0) is 14.3 Å². The standard InChI is InChI=1S/C22H27N5O4/c1-15-16(2)31-22(19(15)12-23)25-21(29)14-26(3)13-20(28)24-17-4-6-18(7-5-17)27-8-10-30-11-9-27/h4-7H,8-11,13-14H2,1-3H3,(H,24,28)(H,25,29). The highest BCUT2D eigenvalue weighted by atomic mass is 16.5. The van der Waals surface area contributed by atoms with Crippen LogP contribution in [0.3, 0.4) is 0 Å². The first-order chi connectivity index (χ1) is 14.9. The molecule has 2 heterocycles. The Hall–Kier alpha value is -3.35. The number of amides is 2. The van der Waals surface area contributed by atoms with Gasteiger partial charge in [0.2, 0.25) is 17.7 Å². The van der Waals surface area contributed by atoms with Gasteiger partial charge in [0.25, 0.3) is 0 Å². The van der Waals surface area contributed by atoms with Crippen LogP contribution in [0, 0.1) is 25.2 Å². The number of nitrogens with one attached hydrogen (secondary N) is 2. The summed E-state index contributed by atoms with van der Waals surface area (Å²) in [4.78, 5) is 28.4. The largest absolute Gasteiger partial charge is 0.444 e. The number of carbonyl (C=O) groups is 2. The van der Waals surface area contributed by atoms with Crippen molar-refractivity contribution in [3.05, 3.63) is 41.2 Å². The number of benzene rings is 1.